The molecule has 0 atom stereocenters. The van der Waals surface area contributed by atoms with Gasteiger partial charge in [0, 0.05) is 24.5 Å². The number of benzene rings is 1. The van der Waals surface area contributed by atoms with Gasteiger partial charge < -0.3 is 10.3 Å². The van der Waals surface area contributed by atoms with Crippen molar-refractivity contribution in [3.63, 3.8) is 0 Å². The topological polar surface area (TPSA) is 30.9 Å². The van der Waals surface area contributed by atoms with Crippen LogP contribution in [0.1, 0.15) is 11.3 Å². The molecule has 0 aliphatic carbocycles. The SMILES string of the molecule is Cn1c(C(F)(F)F)cc2c(CN)cccc21. The second-order valence-electron chi connectivity index (χ2n) is 3.64. The van der Waals surface area contributed by atoms with Crippen LogP contribution in [0, 0.1) is 0 Å². The molecule has 0 unspecified atom stereocenters. The smallest absolute Gasteiger partial charge is 0.340 e. The van der Waals surface area contributed by atoms with Gasteiger partial charge in [0.15, 0.2) is 0 Å². The Bertz CT molecular complexity index is 526. The monoisotopic (exact) mass is 228 g/mol. The van der Waals surface area contributed by atoms with Crippen LogP contribution in [0.15, 0.2) is 24.3 Å². The molecular formula is C11H11F3N2. The van der Waals surface area contributed by atoms with Crippen molar-refractivity contribution in [1.29, 1.82) is 0 Å². The molecule has 1 aromatic heterocycles. The van der Waals surface area contributed by atoms with Gasteiger partial charge in [-0.25, -0.2) is 0 Å². The zero-order valence-electron chi connectivity index (χ0n) is 8.67. The molecule has 0 fully saturated rings. The predicted molar refractivity (Wildman–Crippen MR) is 55.8 cm³/mol. The quantitative estimate of drug-likeness (QED) is 0.799. The van der Waals surface area contributed by atoms with Crippen LogP contribution in [0.25, 0.3) is 10.9 Å². The molecule has 86 valence electrons. The number of hydrogen-bond acceptors (Lipinski definition) is 1. The van der Waals surface area contributed by atoms with Crippen molar-refractivity contribution in [3.05, 3.63) is 35.5 Å². The first-order valence-corrected chi connectivity index (χ1v) is 4.79. The van der Waals surface area contributed by atoms with E-state index in [2.05, 4.69) is 0 Å². The molecule has 1 heterocycles. The number of nitrogens with zero attached hydrogens (tertiary/aromatic N) is 1. The van der Waals surface area contributed by atoms with Gasteiger partial charge in [0.1, 0.15) is 5.69 Å². The summed E-state index contributed by atoms with van der Waals surface area (Å²) in [5.41, 5.74) is 6.12. The number of halogens is 3. The summed E-state index contributed by atoms with van der Waals surface area (Å²) in [6, 6.07) is 6.26. The molecule has 0 radical (unpaired) electrons. The van der Waals surface area contributed by atoms with E-state index in [0.29, 0.717) is 10.9 Å². The van der Waals surface area contributed by atoms with E-state index in [4.69, 9.17) is 5.73 Å². The standard InChI is InChI=1S/C11H11F3N2/c1-16-9-4-2-3-7(6-15)8(9)5-10(16)11(12,13)14/h2-5H,6,15H2,1H3. The summed E-state index contributed by atoms with van der Waals surface area (Å²) < 4.78 is 39.2. The molecule has 0 aliphatic heterocycles. The van der Waals surface area contributed by atoms with E-state index in [1.165, 1.54) is 7.05 Å². The molecule has 2 nitrogen and oxygen atoms in total. The van der Waals surface area contributed by atoms with E-state index >= 15 is 0 Å². The average molecular weight is 228 g/mol. The van der Waals surface area contributed by atoms with Crippen LogP contribution in [0.5, 0.6) is 0 Å². The molecule has 0 saturated heterocycles. The fourth-order valence-electron chi connectivity index (χ4n) is 1.87. The highest BCUT2D eigenvalue weighted by molar-refractivity contribution is 5.84. The molecule has 1 aromatic carbocycles. The van der Waals surface area contributed by atoms with Crippen LogP contribution < -0.4 is 5.73 Å². The Balaban J connectivity index is 2.77. The van der Waals surface area contributed by atoms with Gasteiger partial charge in [0.05, 0.1) is 0 Å². The second kappa shape index (κ2) is 3.52. The molecule has 2 rings (SSSR count). The summed E-state index contributed by atoms with van der Waals surface area (Å²) in [7, 11) is 1.41. The number of nitrogens with two attached hydrogens (primary N) is 1. The van der Waals surface area contributed by atoms with Crippen LogP contribution in [-0.4, -0.2) is 4.57 Å². The second-order valence-corrected chi connectivity index (χ2v) is 3.64. The highest BCUT2D eigenvalue weighted by Gasteiger charge is 2.34. The normalized spacial score (nSPS) is 12.3. The molecule has 2 N–H and O–H groups in total. The lowest BCUT2D eigenvalue weighted by Crippen LogP contribution is -2.10. The maximum atomic E-state index is 12.7. The lowest BCUT2D eigenvalue weighted by molar-refractivity contribution is -0.142. The fraction of sp³-hybridized carbons (Fsp3) is 0.273. The lowest BCUT2D eigenvalue weighted by atomic mass is 10.1. The predicted octanol–water partition coefficient (Wildman–Crippen LogP) is 2.66. The number of aromatic nitrogens is 1. The first-order chi connectivity index (χ1) is 7.45. The lowest BCUT2D eigenvalue weighted by Gasteiger charge is -2.07. The van der Waals surface area contributed by atoms with Crippen molar-refractivity contribution < 1.29 is 13.2 Å². The third-order valence-electron chi connectivity index (χ3n) is 2.69. The fourth-order valence-corrected chi connectivity index (χ4v) is 1.87. The summed E-state index contributed by atoms with van der Waals surface area (Å²) in [6.07, 6.45) is -4.33. The van der Waals surface area contributed by atoms with Crippen molar-refractivity contribution in [2.45, 2.75) is 12.7 Å². The van der Waals surface area contributed by atoms with Crippen molar-refractivity contribution >= 4 is 10.9 Å². The molecule has 16 heavy (non-hydrogen) atoms. The van der Waals surface area contributed by atoms with Gasteiger partial charge in [0.2, 0.25) is 0 Å². The van der Waals surface area contributed by atoms with E-state index < -0.39 is 11.9 Å². The van der Waals surface area contributed by atoms with Crippen LogP contribution in [0.2, 0.25) is 0 Å². The minimum Gasteiger partial charge on any atom is -0.340 e. The number of fused-ring (bicyclic) bond motifs is 1. The van der Waals surface area contributed by atoms with Crippen molar-refractivity contribution in [2.75, 3.05) is 0 Å². The minimum absolute atomic E-state index is 0.235. The van der Waals surface area contributed by atoms with E-state index in [0.717, 1.165) is 16.2 Å². The number of hydrogen-bond donors (Lipinski definition) is 1. The summed E-state index contributed by atoms with van der Waals surface area (Å²) in [5, 5.41) is 0.569. The molecule has 0 amide bonds. The molecule has 0 saturated carbocycles. The Hall–Kier alpha value is -1.49. The Morgan fingerprint density at radius 1 is 1.31 bits per heavy atom. The van der Waals surface area contributed by atoms with Crippen LogP contribution in [0.4, 0.5) is 13.2 Å². The molecule has 5 heteroatoms. The Morgan fingerprint density at radius 3 is 2.56 bits per heavy atom. The average Bonchev–Trinajstić information content (AvgIpc) is 2.56. The number of aryl methyl sites for hydroxylation is 1. The van der Waals surface area contributed by atoms with E-state index in [9.17, 15) is 13.2 Å². The zero-order chi connectivity index (χ0) is 11.9. The maximum absolute atomic E-state index is 12.7. The summed E-state index contributed by atoms with van der Waals surface area (Å²) in [6.45, 7) is 0.235. The van der Waals surface area contributed by atoms with Crippen molar-refractivity contribution in [1.82, 2.24) is 4.57 Å². The van der Waals surface area contributed by atoms with Gasteiger partial charge in [-0.3, -0.25) is 0 Å². The molecule has 0 spiro atoms. The third kappa shape index (κ3) is 1.57. The van der Waals surface area contributed by atoms with Gasteiger partial charge in [-0.1, -0.05) is 12.1 Å². The Morgan fingerprint density at radius 2 is 2.00 bits per heavy atom. The van der Waals surface area contributed by atoms with Gasteiger partial charge in [0.25, 0.3) is 0 Å². The van der Waals surface area contributed by atoms with E-state index in [1.807, 2.05) is 0 Å². The number of rotatable bonds is 1. The summed E-state index contributed by atoms with van der Waals surface area (Å²) in [4.78, 5) is 0. The first-order valence-electron chi connectivity index (χ1n) is 4.79. The van der Waals surface area contributed by atoms with Crippen LogP contribution >= 0.6 is 0 Å². The van der Waals surface area contributed by atoms with E-state index in [-0.39, 0.29) is 6.54 Å². The van der Waals surface area contributed by atoms with Gasteiger partial charge in [-0.2, -0.15) is 13.2 Å². The maximum Gasteiger partial charge on any atom is 0.431 e. The summed E-state index contributed by atoms with van der Waals surface area (Å²) >= 11 is 0. The number of alkyl halides is 3. The Labute approximate surface area is 90.5 Å². The van der Waals surface area contributed by atoms with Crippen LogP contribution in [0.3, 0.4) is 0 Å². The van der Waals surface area contributed by atoms with Gasteiger partial charge in [-0.15, -0.1) is 0 Å². The first kappa shape index (κ1) is 11.0. The van der Waals surface area contributed by atoms with Crippen molar-refractivity contribution in [3.8, 4) is 0 Å². The highest BCUT2D eigenvalue weighted by atomic mass is 19.4. The molecule has 0 aliphatic rings. The summed E-state index contributed by atoms with van der Waals surface area (Å²) in [5.74, 6) is 0. The third-order valence-corrected chi connectivity index (χ3v) is 2.69. The van der Waals surface area contributed by atoms with Gasteiger partial charge in [-0.05, 0) is 17.7 Å². The zero-order valence-corrected chi connectivity index (χ0v) is 8.67. The van der Waals surface area contributed by atoms with Crippen molar-refractivity contribution in [2.24, 2.45) is 12.8 Å². The minimum atomic E-state index is -4.33. The molecule has 0 bridgehead atoms. The molecule has 2 aromatic rings. The Kier molecular flexibility index (Phi) is 2.42. The molecular weight excluding hydrogens is 217 g/mol. The highest BCUT2D eigenvalue weighted by Crippen LogP contribution is 2.34. The van der Waals surface area contributed by atoms with E-state index in [1.54, 1.807) is 18.2 Å². The van der Waals surface area contributed by atoms with Crippen LogP contribution in [-0.2, 0) is 19.8 Å². The van der Waals surface area contributed by atoms with Gasteiger partial charge >= 0.3 is 6.18 Å². The largest absolute Gasteiger partial charge is 0.431 e.